The fourth-order valence-corrected chi connectivity index (χ4v) is 4.76. The van der Waals surface area contributed by atoms with Crippen molar-refractivity contribution in [2.24, 2.45) is 0 Å². The molecule has 0 fully saturated rings. The van der Waals surface area contributed by atoms with E-state index in [1.54, 1.807) is 12.4 Å². The highest BCUT2D eigenvalue weighted by atomic mass is 79.9. The molecule has 4 rings (SSSR count). The van der Waals surface area contributed by atoms with Crippen LogP contribution in [0.5, 0.6) is 11.9 Å². The Hall–Kier alpha value is -3.26. The lowest BCUT2D eigenvalue weighted by molar-refractivity contribution is 0.201. The van der Waals surface area contributed by atoms with Gasteiger partial charge in [0.25, 0.3) is 10.2 Å². The van der Waals surface area contributed by atoms with Gasteiger partial charge in [-0.2, -0.15) is 13.1 Å². The molecule has 2 aromatic carbocycles. The van der Waals surface area contributed by atoms with E-state index in [4.69, 9.17) is 9.47 Å². The Bertz CT molecular complexity index is 1430. The molecule has 0 saturated heterocycles. The molecule has 10 nitrogen and oxygen atoms in total. The normalized spacial score (nSPS) is 11.2. The van der Waals surface area contributed by atoms with E-state index in [0.29, 0.717) is 17.5 Å². The van der Waals surface area contributed by atoms with E-state index in [2.05, 4.69) is 45.3 Å². The standard InChI is InChI=1S/C25H25BrN6O4S2/c1-37-21-15-27-25(28-16-21)36-14-13-35-24-22(19-7-9-20(26)10-8-19)23(29-17-30-24)32-38(33,34)31-12-11-18-5-3-2-4-6-18/h2-10,15-17,31H,11-14H2,1H3,(H,29,30,32). The van der Waals surface area contributed by atoms with Crippen molar-refractivity contribution in [2.45, 2.75) is 11.3 Å². The summed E-state index contributed by atoms with van der Waals surface area (Å²) in [6, 6.07) is 17.1. The van der Waals surface area contributed by atoms with Crippen LogP contribution in [0.3, 0.4) is 0 Å². The molecule has 0 spiro atoms. The molecule has 0 bridgehead atoms. The number of hydrogen-bond acceptors (Lipinski definition) is 9. The molecule has 0 aliphatic carbocycles. The Labute approximate surface area is 234 Å². The maximum absolute atomic E-state index is 12.8. The van der Waals surface area contributed by atoms with E-state index < -0.39 is 10.2 Å². The summed E-state index contributed by atoms with van der Waals surface area (Å²) in [6.07, 6.45) is 7.08. The van der Waals surface area contributed by atoms with E-state index in [9.17, 15) is 8.42 Å². The quantitative estimate of drug-likeness (QED) is 0.166. The molecule has 38 heavy (non-hydrogen) atoms. The van der Waals surface area contributed by atoms with Crippen molar-refractivity contribution in [3.05, 3.63) is 83.4 Å². The van der Waals surface area contributed by atoms with Crippen molar-refractivity contribution in [1.82, 2.24) is 24.7 Å². The van der Waals surface area contributed by atoms with Crippen molar-refractivity contribution in [3.63, 3.8) is 0 Å². The minimum Gasteiger partial charge on any atom is -0.473 e. The van der Waals surface area contributed by atoms with Gasteiger partial charge >= 0.3 is 6.01 Å². The molecular weight excluding hydrogens is 592 g/mol. The monoisotopic (exact) mass is 616 g/mol. The Morgan fingerprint density at radius 3 is 2.34 bits per heavy atom. The molecule has 0 unspecified atom stereocenters. The SMILES string of the molecule is CSc1cnc(OCCOc2ncnc(NS(=O)(=O)NCCc3ccccc3)c2-c2ccc(Br)cc2)nc1. The van der Waals surface area contributed by atoms with Gasteiger partial charge in [0, 0.05) is 28.3 Å². The van der Waals surface area contributed by atoms with Gasteiger partial charge in [-0.15, -0.1) is 11.8 Å². The second kappa shape index (κ2) is 13.5. The summed E-state index contributed by atoms with van der Waals surface area (Å²) in [5.41, 5.74) is 2.09. The number of halogens is 1. The van der Waals surface area contributed by atoms with Crippen LogP contribution in [-0.4, -0.2) is 54.4 Å². The molecule has 2 aromatic heterocycles. The van der Waals surface area contributed by atoms with Crippen molar-refractivity contribution < 1.29 is 17.9 Å². The smallest absolute Gasteiger partial charge is 0.316 e. The van der Waals surface area contributed by atoms with Gasteiger partial charge < -0.3 is 9.47 Å². The first-order chi connectivity index (χ1) is 18.4. The van der Waals surface area contributed by atoms with Gasteiger partial charge in [-0.25, -0.2) is 19.9 Å². The number of benzene rings is 2. The summed E-state index contributed by atoms with van der Waals surface area (Å²) in [6.45, 7) is 0.499. The fourth-order valence-electron chi connectivity index (χ4n) is 3.33. The van der Waals surface area contributed by atoms with Crippen LogP contribution in [0.2, 0.25) is 0 Å². The molecule has 0 saturated carbocycles. The summed E-state index contributed by atoms with van der Waals surface area (Å²) in [7, 11) is -3.93. The number of hydrogen-bond donors (Lipinski definition) is 2. The van der Waals surface area contributed by atoms with Crippen LogP contribution >= 0.6 is 27.7 Å². The number of rotatable bonds is 13. The fraction of sp³-hybridized carbons (Fsp3) is 0.200. The van der Waals surface area contributed by atoms with Crippen molar-refractivity contribution in [1.29, 1.82) is 0 Å². The summed E-state index contributed by atoms with van der Waals surface area (Å²) in [5.74, 6) is 0.285. The van der Waals surface area contributed by atoms with Crippen LogP contribution in [0.25, 0.3) is 11.1 Å². The molecular formula is C25H25BrN6O4S2. The molecule has 2 N–H and O–H groups in total. The summed E-state index contributed by atoms with van der Waals surface area (Å²) < 4.78 is 43.0. The molecule has 0 amide bonds. The molecule has 4 aromatic rings. The van der Waals surface area contributed by atoms with Crippen LogP contribution < -0.4 is 18.9 Å². The third kappa shape index (κ3) is 8.12. The van der Waals surface area contributed by atoms with Crippen LogP contribution in [0.4, 0.5) is 5.82 Å². The molecule has 0 radical (unpaired) electrons. The zero-order valence-electron chi connectivity index (χ0n) is 20.4. The maximum Gasteiger partial charge on any atom is 0.316 e. The minimum atomic E-state index is -3.93. The van der Waals surface area contributed by atoms with E-state index in [0.717, 1.165) is 14.9 Å². The lowest BCUT2D eigenvalue weighted by Gasteiger charge is -2.16. The second-order valence-corrected chi connectivity index (χ2v) is 11.0. The van der Waals surface area contributed by atoms with Gasteiger partial charge in [-0.1, -0.05) is 58.4 Å². The second-order valence-electron chi connectivity index (χ2n) is 7.75. The van der Waals surface area contributed by atoms with Gasteiger partial charge in [-0.3, -0.25) is 4.72 Å². The zero-order valence-corrected chi connectivity index (χ0v) is 23.6. The molecule has 0 atom stereocenters. The highest BCUT2D eigenvalue weighted by Gasteiger charge is 2.20. The first-order valence-corrected chi connectivity index (χ1v) is 15.0. The highest BCUT2D eigenvalue weighted by Crippen LogP contribution is 2.35. The van der Waals surface area contributed by atoms with E-state index >= 15 is 0 Å². The van der Waals surface area contributed by atoms with Crippen LogP contribution in [-0.2, 0) is 16.6 Å². The minimum absolute atomic E-state index is 0.0847. The predicted molar refractivity (Wildman–Crippen MR) is 151 cm³/mol. The predicted octanol–water partition coefficient (Wildman–Crippen LogP) is 4.36. The van der Waals surface area contributed by atoms with Crippen molar-refractivity contribution in [3.8, 4) is 23.0 Å². The average molecular weight is 618 g/mol. The van der Waals surface area contributed by atoms with Crippen molar-refractivity contribution >= 4 is 43.7 Å². The number of ether oxygens (including phenoxy) is 2. The number of aromatic nitrogens is 4. The molecule has 2 heterocycles. The van der Waals surface area contributed by atoms with E-state index in [1.165, 1.54) is 18.1 Å². The molecule has 198 valence electrons. The van der Waals surface area contributed by atoms with Crippen LogP contribution in [0, 0.1) is 0 Å². The summed E-state index contributed by atoms with van der Waals surface area (Å²) in [5, 5.41) is 0. The van der Waals surface area contributed by atoms with Gasteiger partial charge in [-0.05, 0) is 35.9 Å². The Morgan fingerprint density at radius 1 is 0.921 bits per heavy atom. The Morgan fingerprint density at radius 2 is 1.63 bits per heavy atom. The first kappa shape index (κ1) is 27.8. The third-order valence-electron chi connectivity index (χ3n) is 5.12. The van der Waals surface area contributed by atoms with Crippen LogP contribution in [0.1, 0.15) is 5.56 Å². The average Bonchev–Trinajstić information content (AvgIpc) is 2.92. The van der Waals surface area contributed by atoms with Gasteiger partial charge in [0.05, 0.1) is 5.56 Å². The van der Waals surface area contributed by atoms with Gasteiger partial charge in [0.2, 0.25) is 5.88 Å². The van der Waals surface area contributed by atoms with Crippen LogP contribution in [0.15, 0.2) is 82.7 Å². The summed E-state index contributed by atoms with van der Waals surface area (Å²) in [4.78, 5) is 17.7. The van der Waals surface area contributed by atoms with Gasteiger partial charge in [0.1, 0.15) is 19.5 Å². The first-order valence-electron chi connectivity index (χ1n) is 11.5. The third-order valence-corrected chi connectivity index (χ3v) is 7.38. The number of nitrogens with one attached hydrogen (secondary N) is 2. The largest absolute Gasteiger partial charge is 0.473 e. The molecule has 13 heteroatoms. The number of thioether (sulfide) groups is 1. The lowest BCUT2D eigenvalue weighted by Crippen LogP contribution is -2.32. The zero-order chi connectivity index (χ0) is 26.8. The number of nitrogens with zero attached hydrogens (tertiary/aromatic N) is 4. The Kier molecular flexibility index (Phi) is 9.87. The lowest BCUT2D eigenvalue weighted by atomic mass is 10.1. The highest BCUT2D eigenvalue weighted by molar-refractivity contribution is 9.10. The van der Waals surface area contributed by atoms with Gasteiger partial charge in [0.15, 0.2) is 5.82 Å². The maximum atomic E-state index is 12.8. The molecule has 0 aliphatic heterocycles. The van der Waals surface area contributed by atoms with Crippen molar-refractivity contribution in [2.75, 3.05) is 30.7 Å². The van der Waals surface area contributed by atoms with E-state index in [-0.39, 0.29) is 37.5 Å². The molecule has 0 aliphatic rings. The Balaban J connectivity index is 1.47. The van der Waals surface area contributed by atoms with E-state index in [1.807, 2.05) is 60.9 Å². The summed E-state index contributed by atoms with van der Waals surface area (Å²) >= 11 is 4.96. The topological polar surface area (TPSA) is 128 Å². The number of anilines is 1.